The molecular weight excluding hydrogens is 186 g/mol. The molecule has 0 aliphatic carbocycles. The Bertz CT molecular complexity index is 262. The molecule has 1 amide bonds. The lowest BCUT2D eigenvalue weighted by atomic mass is 9.99. The smallest absolute Gasteiger partial charge is 0.328 e. The van der Waals surface area contributed by atoms with Crippen molar-refractivity contribution in [3.8, 4) is 0 Å². The van der Waals surface area contributed by atoms with Gasteiger partial charge < -0.3 is 14.7 Å². The third-order valence-electron chi connectivity index (χ3n) is 2.32. The maximum Gasteiger partial charge on any atom is 0.328 e. The molecule has 0 saturated carbocycles. The molecule has 1 fully saturated rings. The first-order valence-electron chi connectivity index (χ1n) is 4.47. The van der Waals surface area contributed by atoms with Crippen LogP contribution in [0.3, 0.4) is 0 Å². The number of morpholine rings is 1. The average molecular weight is 201 g/mol. The number of aliphatic carboxylic acids is 1. The fourth-order valence-corrected chi connectivity index (χ4v) is 1.81. The largest absolute Gasteiger partial charge is 0.480 e. The Labute approximate surface area is 82.6 Å². The van der Waals surface area contributed by atoms with E-state index in [1.54, 1.807) is 13.8 Å². The number of carbonyl (C=O) groups is 2. The number of hydrogen-bond acceptors (Lipinski definition) is 3. The Morgan fingerprint density at radius 2 is 2.07 bits per heavy atom. The highest BCUT2D eigenvalue weighted by Gasteiger charge is 2.42. The molecular formula is C9H15NO4. The maximum absolute atomic E-state index is 11.3. The van der Waals surface area contributed by atoms with Gasteiger partial charge in [-0.05, 0) is 13.8 Å². The van der Waals surface area contributed by atoms with Gasteiger partial charge in [-0.3, -0.25) is 4.79 Å². The van der Waals surface area contributed by atoms with Gasteiger partial charge in [-0.2, -0.15) is 0 Å². The normalized spacial score (nSPS) is 25.9. The number of carboxylic acids is 1. The number of carbonyl (C=O) groups excluding carboxylic acids is 1. The molecule has 1 N–H and O–H groups in total. The zero-order chi connectivity index (χ0) is 10.9. The SMILES string of the molecule is CC(=O)N1C(C(=O)O)COCC1(C)C. The molecule has 0 aromatic heterocycles. The average Bonchev–Trinajstić information content (AvgIpc) is 2.00. The molecule has 1 atom stereocenters. The van der Waals surface area contributed by atoms with Gasteiger partial charge in [-0.1, -0.05) is 0 Å². The molecule has 1 heterocycles. The fraction of sp³-hybridized carbons (Fsp3) is 0.778. The van der Waals surface area contributed by atoms with Gasteiger partial charge in [0.05, 0.1) is 18.8 Å². The molecule has 1 aliphatic rings. The molecule has 0 aromatic carbocycles. The third-order valence-corrected chi connectivity index (χ3v) is 2.32. The first-order chi connectivity index (χ1) is 6.36. The summed E-state index contributed by atoms with van der Waals surface area (Å²) in [4.78, 5) is 23.6. The predicted molar refractivity (Wildman–Crippen MR) is 48.8 cm³/mol. The first kappa shape index (κ1) is 11.0. The summed E-state index contributed by atoms with van der Waals surface area (Å²) in [5.41, 5.74) is -0.548. The van der Waals surface area contributed by atoms with Crippen LogP contribution >= 0.6 is 0 Å². The van der Waals surface area contributed by atoms with E-state index in [-0.39, 0.29) is 12.5 Å². The summed E-state index contributed by atoms with van der Waals surface area (Å²) in [7, 11) is 0. The van der Waals surface area contributed by atoms with E-state index in [9.17, 15) is 9.59 Å². The van der Waals surface area contributed by atoms with Crippen LogP contribution in [0.1, 0.15) is 20.8 Å². The molecule has 1 saturated heterocycles. The second kappa shape index (κ2) is 3.57. The van der Waals surface area contributed by atoms with Crippen molar-refractivity contribution < 1.29 is 19.4 Å². The van der Waals surface area contributed by atoms with Gasteiger partial charge in [-0.25, -0.2) is 4.79 Å². The number of carboxylic acid groups (broad SMARTS) is 1. The van der Waals surface area contributed by atoms with Crippen molar-refractivity contribution in [3.05, 3.63) is 0 Å². The Balaban J connectivity index is 2.96. The lowest BCUT2D eigenvalue weighted by Crippen LogP contribution is -2.62. The third kappa shape index (κ3) is 1.87. The summed E-state index contributed by atoms with van der Waals surface area (Å²) in [5, 5.41) is 8.92. The minimum Gasteiger partial charge on any atom is -0.480 e. The minimum absolute atomic E-state index is 0.0678. The zero-order valence-electron chi connectivity index (χ0n) is 8.61. The van der Waals surface area contributed by atoms with E-state index in [4.69, 9.17) is 9.84 Å². The number of hydrogen-bond donors (Lipinski definition) is 1. The van der Waals surface area contributed by atoms with Crippen molar-refractivity contribution in [1.82, 2.24) is 4.90 Å². The standard InChI is InChI=1S/C9H15NO4/c1-6(11)10-7(8(12)13)4-14-5-9(10,2)3/h7H,4-5H2,1-3H3,(H,12,13). The van der Waals surface area contributed by atoms with Gasteiger partial charge in [0.15, 0.2) is 6.04 Å². The summed E-state index contributed by atoms with van der Waals surface area (Å²) in [6, 6.07) is -0.865. The van der Waals surface area contributed by atoms with Crippen LogP contribution in [0.5, 0.6) is 0 Å². The van der Waals surface area contributed by atoms with E-state index in [0.717, 1.165) is 0 Å². The summed E-state index contributed by atoms with van der Waals surface area (Å²) in [5.74, 6) is -1.25. The van der Waals surface area contributed by atoms with Gasteiger partial charge in [0.2, 0.25) is 5.91 Å². The van der Waals surface area contributed by atoms with Crippen molar-refractivity contribution in [2.75, 3.05) is 13.2 Å². The Morgan fingerprint density at radius 1 is 1.50 bits per heavy atom. The lowest BCUT2D eigenvalue weighted by Gasteiger charge is -2.45. The van der Waals surface area contributed by atoms with Gasteiger partial charge >= 0.3 is 5.97 Å². The molecule has 1 rings (SSSR count). The van der Waals surface area contributed by atoms with Gasteiger partial charge in [0.25, 0.3) is 0 Å². The van der Waals surface area contributed by atoms with Crippen molar-refractivity contribution in [3.63, 3.8) is 0 Å². The van der Waals surface area contributed by atoms with Crippen molar-refractivity contribution in [1.29, 1.82) is 0 Å². The summed E-state index contributed by atoms with van der Waals surface area (Å²) in [6.07, 6.45) is 0. The number of ether oxygens (including phenoxy) is 1. The summed E-state index contributed by atoms with van der Waals surface area (Å²) >= 11 is 0. The Kier molecular flexibility index (Phi) is 2.80. The predicted octanol–water partition coefficient (Wildman–Crippen LogP) is 0.0969. The van der Waals surface area contributed by atoms with Gasteiger partial charge in [-0.15, -0.1) is 0 Å². The van der Waals surface area contributed by atoms with E-state index in [1.807, 2.05) is 0 Å². The lowest BCUT2D eigenvalue weighted by molar-refractivity contribution is -0.169. The number of rotatable bonds is 1. The zero-order valence-corrected chi connectivity index (χ0v) is 8.61. The van der Waals surface area contributed by atoms with Crippen LogP contribution in [0, 0.1) is 0 Å². The van der Waals surface area contributed by atoms with Crippen molar-refractivity contribution in [2.24, 2.45) is 0 Å². The molecule has 5 heteroatoms. The summed E-state index contributed by atoms with van der Waals surface area (Å²) in [6.45, 7) is 5.41. The van der Waals surface area contributed by atoms with Crippen molar-refractivity contribution in [2.45, 2.75) is 32.4 Å². The van der Waals surface area contributed by atoms with Crippen LogP contribution in [-0.2, 0) is 14.3 Å². The second-order valence-corrected chi connectivity index (χ2v) is 4.07. The molecule has 1 unspecified atom stereocenters. The molecule has 1 aliphatic heterocycles. The highest BCUT2D eigenvalue weighted by molar-refractivity contribution is 5.83. The van der Waals surface area contributed by atoms with Crippen LogP contribution in [-0.4, -0.2) is 46.7 Å². The van der Waals surface area contributed by atoms with E-state index < -0.39 is 17.6 Å². The molecule has 14 heavy (non-hydrogen) atoms. The second-order valence-electron chi connectivity index (χ2n) is 4.07. The summed E-state index contributed by atoms with van der Waals surface area (Å²) < 4.78 is 5.16. The minimum atomic E-state index is -1.02. The monoisotopic (exact) mass is 201 g/mol. The molecule has 80 valence electrons. The molecule has 0 radical (unpaired) electrons. The van der Waals surface area contributed by atoms with E-state index in [0.29, 0.717) is 6.61 Å². The van der Waals surface area contributed by atoms with Crippen LogP contribution in [0.25, 0.3) is 0 Å². The first-order valence-corrected chi connectivity index (χ1v) is 4.47. The van der Waals surface area contributed by atoms with Crippen LogP contribution < -0.4 is 0 Å². The van der Waals surface area contributed by atoms with Crippen LogP contribution in [0.15, 0.2) is 0 Å². The quantitative estimate of drug-likeness (QED) is 0.653. The number of nitrogens with zero attached hydrogens (tertiary/aromatic N) is 1. The van der Waals surface area contributed by atoms with E-state index >= 15 is 0 Å². The Morgan fingerprint density at radius 3 is 2.43 bits per heavy atom. The maximum atomic E-state index is 11.3. The molecule has 0 aromatic rings. The highest BCUT2D eigenvalue weighted by atomic mass is 16.5. The van der Waals surface area contributed by atoms with Gasteiger partial charge in [0, 0.05) is 6.92 Å². The molecule has 0 bridgehead atoms. The fourth-order valence-electron chi connectivity index (χ4n) is 1.81. The van der Waals surface area contributed by atoms with Crippen molar-refractivity contribution >= 4 is 11.9 Å². The Hall–Kier alpha value is -1.10. The van der Waals surface area contributed by atoms with Crippen LogP contribution in [0.2, 0.25) is 0 Å². The highest BCUT2D eigenvalue weighted by Crippen LogP contribution is 2.23. The van der Waals surface area contributed by atoms with Crippen LogP contribution in [0.4, 0.5) is 0 Å². The molecule has 0 spiro atoms. The number of amides is 1. The van der Waals surface area contributed by atoms with E-state index in [2.05, 4.69) is 0 Å². The van der Waals surface area contributed by atoms with Gasteiger partial charge in [0.1, 0.15) is 0 Å². The molecule has 5 nitrogen and oxygen atoms in total. The topological polar surface area (TPSA) is 66.8 Å². The van der Waals surface area contributed by atoms with E-state index in [1.165, 1.54) is 11.8 Å².